The smallest absolute Gasteiger partial charge is 0.274 e. The van der Waals surface area contributed by atoms with Crippen molar-refractivity contribution >= 4 is 46.8 Å². The number of benzene rings is 1. The number of amides is 2. The lowest BCUT2D eigenvalue weighted by atomic mass is 10.3. The number of piperazine rings is 1. The van der Waals surface area contributed by atoms with Crippen LogP contribution in [0.2, 0.25) is 10.0 Å². The molecular formula is C15H20Cl2N3O2S+. The maximum absolute atomic E-state index is 12.3. The third kappa shape index (κ3) is 5.28. The van der Waals surface area contributed by atoms with Gasteiger partial charge in [-0.25, -0.2) is 0 Å². The maximum Gasteiger partial charge on any atom is 0.274 e. The molecule has 0 radical (unpaired) electrons. The molecule has 23 heavy (non-hydrogen) atoms. The summed E-state index contributed by atoms with van der Waals surface area (Å²) in [6.07, 6.45) is 0. The van der Waals surface area contributed by atoms with Crippen LogP contribution in [0.15, 0.2) is 23.1 Å². The predicted molar refractivity (Wildman–Crippen MR) is 93.4 cm³/mol. The van der Waals surface area contributed by atoms with E-state index in [1.807, 2.05) is 4.90 Å². The lowest BCUT2D eigenvalue weighted by Crippen LogP contribution is -3.15. The third-order valence-corrected chi connectivity index (χ3v) is 5.75. The monoisotopic (exact) mass is 376 g/mol. The highest BCUT2D eigenvalue weighted by molar-refractivity contribution is 8.00. The molecule has 1 aliphatic rings. The minimum Gasteiger partial charge on any atom is -0.354 e. The van der Waals surface area contributed by atoms with Gasteiger partial charge in [0.25, 0.3) is 5.91 Å². The SMILES string of the molecule is CNC(=O)C[NH+]1CCN(C(=O)CSc2c(Cl)cccc2Cl)CC1. The number of hydrogen-bond acceptors (Lipinski definition) is 3. The zero-order valence-electron chi connectivity index (χ0n) is 12.9. The topological polar surface area (TPSA) is 53.9 Å². The zero-order chi connectivity index (χ0) is 16.8. The quantitative estimate of drug-likeness (QED) is 0.738. The van der Waals surface area contributed by atoms with Gasteiger partial charge in [-0.1, -0.05) is 29.3 Å². The van der Waals surface area contributed by atoms with Gasteiger partial charge in [-0.15, -0.1) is 11.8 Å². The van der Waals surface area contributed by atoms with Crippen molar-refractivity contribution in [3.63, 3.8) is 0 Å². The molecule has 5 nitrogen and oxygen atoms in total. The van der Waals surface area contributed by atoms with Gasteiger partial charge in [0.05, 0.1) is 42.0 Å². The Balaban J connectivity index is 1.80. The van der Waals surface area contributed by atoms with Gasteiger partial charge in [-0.3, -0.25) is 9.59 Å². The number of nitrogens with one attached hydrogen (secondary N) is 2. The molecule has 0 bridgehead atoms. The van der Waals surface area contributed by atoms with Crippen molar-refractivity contribution in [2.45, 2.75) is 4.90 Å². The summed E-state index contributed by atoms with van der Waals surface area (Å²) in [5.74, 6) is 0.419. The second-order valence-electron chi connectivity index (χ2n) is 5.32. The summed E-state index contributed by atoms with van der Waals surface area (Å²) < 4.78 is 0. The van der Waals surface area contributed by atoms with Crippen LogP contribution < -0.4 is 10.2 Å². The summed E-state index contributed by atoms with van der Waals surface area (Å²) >= 11 is 13.6. The molecule has 1 saturated heterocycles. The molecule has 2 amide bonds. The van der Waals surface area contributed by atoms with Gasteiger partial charge in [-0.05, 0) is 12.1 Å². The van der Waals surface area contributed by atoms with E-state index in [4.69, 9.17) is 23.2 Å². The Morgan fingerprint density at radius 2 is 1.87 bits per heavy atom. The second kappa shape index (κ2) is 8.78. The summed E-state index contributed by atoms with van der Waals surface area (Å²) in [6.45, 7) is 3.37. The summed E-state index contributed by atoms with van der Waals surface area (Å²) in [4.78, 5) is 27.5. The second-order valence-corrected chi connectivity index (χ2v) is 7.12. The Morgan fingerprint density at radius 1 is 1.26 bits per heavy atom. The minimum atomic E-state index is 0.0312. The fourth-order valence-corrected chi connectivity index (χ4v) is 4.00. The first-order valence-electron chi connectivity index (χ1n) is 7.40. The Bertz CT molecular complexity index is 558. The Kier molecular flexibility index (Phi) is 7.02. The molecule has 0 unspecified atom stereocenters. The molecule has 0 aromatic heterocycles. The van der Waals surface area contributed by atoms with E-state index < -0.39 is 0 Å². The van der Waals surface area contributed by atoms with Gasteiger partial charge in [-0.2, -0.15) is 0 Å². The molecule has 0 spiro atoms. The fourth-order valence-electron chi connectivity index (χ4n) is 2.41. The van der Waals surface area contributed by atoms with Crippen LogP contribution in [-0.4, -0.2) is 62.2 Å². The van der Waals surface area contributed by atoms with E-state index >= 15 is 0 Å². The van der Waals surface area contributed by atoms with Crippen molar-refractivity contribution in [1.29, 1.82) is 0 Å². The molecule has 0 atom stereocenters. The predicted octanol–water partition coefficient (Wildman–Crippen LogP) is 0.559. The molecule has 1 aliphatic heterocycles. The van der Waals surface area contributed by atoms with Crippen LogP contribution in [0.4, 0.5) is 0 Å². The number of quaternary nitrogens is 1. The highest BCUT2D eigenvalue weighted by atomic mass is 35.5. The number of hydrogen-bond donors (Lipinski definition) is 2. The van der Waals surface area contributed by atoms with Gasteiger partial charge < -0.3 is 15.1 Å². The molecule has 1 aromatic rings. The summed E-state index contributed by atoms with van der Waals surface area (Å²) in [5, 5.41) is 3.76. The van der Waals surface area contributed by atoms with Crippen molar-refractivity contribution < 1.29 is 14.5 Å². The zero-order valence-corrected chi connectivity index (χ0v) is 15.2. The number of halogens is 2. The van der Waals surface area contributed by atoms with Crippen molar-refractivity contribution in [1.82, 2.24) is 10.2 Å². The van der Waals surface area contributed by atoms with Crippen molar-refractivity contribution in [3.05, 3.63) is 28.2 Å². The van der Waals surface area contributed by atoms with Crippen LogP contribution in [-0.2, 0) is 9.59 Å². The van der Waals surface area contributed by atoms with Crippen LogP contribution in [0.1, 0.15) is 0 Å². The molecule has 0 aliphatic carbocycles. The van der Waals surface area contributed by atoms with Gasteiger partial charge in [0.15, 0.2) is 6.54 Å². The van der Waals surface area contributed by atoms with Gasteiger partial charge in [0, 0.05) is 11.9 Å². The van der Waals surface area contributed by atoms with E-state index in [0.29, 0.717) is 35.4 Å². The first-order chi connectivity index (χ1) is 11.0. The first kappa shape index (κ1) is 18.4. The molecule has 1 heterocycles. The highest BCUT2D eigenvalue weighted by Crippen LogP contribution is 2.33. The van der Waals surface area contributed by atoms with Crippen molar-refractivity contribution in [2.24, 2.45) is 0 Å². The maximum atomic E-state index is 12.3. The molecule has 126 valence electrons. The number of rotatable bonds is 5. The largest absolute Gasteiger partial charge is 0.354 e. The third-order valence-electron chi connectivity index (χ3n) is 3.77. The Morgan fingerprint density at radius 3 is 2.43 bits per heavy atom. The number of carbonyl (C=O) groups is 2. The lowest BCUT2D eigenvalue weighted by Gasteiger charge is -2.31. The van der Waals surface area contributed by atoms with E-state index in [-0.39, 0.29) is 11.8 Å². The van der Waals surface area contributed by atoms with E-state index in [1.165, 1.54) is 16.7 Å². The number of likely N-dealkylation sites (N-methyl/N-ethyl adjacent to an activating group) is 1. The van der Waals surface area contributed by atoms with Crippen LogP contribution in [0, 0.1) is 0 Å². The molecule has 2 rings (SSSR count). The lowest BCUT2D eigenvalue weighted by molar-refractivity contribution is -0.896. The summed E-state index contributed by atoms with van der Waals surface area (Å²) in [6, 6.07) is 5.31. The standard InChI is InChI=1S/C15H19Cl2N3O2S/c1-18-13(21)9-19-5-7-20(8-6-19)14(22)10-23-15-11(16)3-2-4-12(15)17/h2-4H,5-10H2,1H3,(H,18,21)/p+1. The van der Waals surface area contributed by atoms with Gasteiger partial charge in [0.2, 0.25) is 5.91 Å². The molecular weight excluding hydrogens is 357 g/mol. The summed E-state index contributed by atoms with van der Waals surface area (Å²) in [7, 11) is 1.64. The molecule has 1 aromatic carbocycles. The van der Waals surface area contributed by atoms with Gasteiger partial charge in [0.1, 0.15) is 0 Å². The average Bonchev–Trinajstić information content (AvgIpc) is 2.54. The molecule has 8 heteroatoms. The van der Waals surface area contributed by atoms with Crippen LogP contribution in [0.3, 0.4) is 0 Å². The van der Waals surface area contributed by atoms with E-state index in [0.717, 1.165) is 18.0 Å². The molecule has 2 N–H and O–H groups in total. The van der Waals surface area contributed by atoms with Crippen molar-refractivity contribution in [3.8, 4) is 0 Å². The van der Waals surface area contributed by atoms with Crippen LogP contribution in [0.5, 0.6) is 0 Å². The van der Waals surface area contributed by atoms with Crippen LogP contribution >= 0.6 is 35.0 Å². The van der Waals surface area contributed by atoms with Gasteiger partial charge >= 0.3 is 0 Å². The normalized spacial score (nSPS) is 15.5. The Labute approximate surface area is 150 Å². The summed E-state index contributed by atoms with van der Waals surface area (Å²) in [5.41, 5.74) is 0. The number of carbonyl (C=O) groups excluding carboxylic acids is 2. The average molecular weight is 377 g/mol. The van der Waals surface area contributed by atoms with Crippen molar-refractivity contribution in [2.75, 3.05) is 45.5 Å². The molecule has 0 saturated carbocycles. The number of nitrogens with zero attached hydrogens (tertiary/aromatic N) is 1. The highest BCUT2D eigenvalue weighted by Gasteiger charge is 2.25. The fraction of sp³-hybridized carbons (Fsp3) is 0.467. The number of thioether (sulfide) groups is 1. The minimum absolute atomic E-state index is 0.0312. The molecule has 1 fully saturated rings. The van der Waals surface area contributed by atoms with E-state index in [2.05, 4.69) is 5.32 Å². The Hall–Kier alpha value is -0.950. The van der Waals surface area contributed by atoms with E-state index in [1.54, 1.807) is 25.2 Å². The first-order valence-corrected chi connectivity index (χ1v) is 9.14. The van der Waals surface area contributed by atoms with E-state index in [9.17, 15) is 9.59 Å². The van der Waals surface area contributed by atoms with Crippen LogP contribution in [0.25, 0.3) is 0 Å².